The largest absolute Gasteiger partial charge is 0.542 e. The van der Waals surface area contributed by atoms with Gasteiger partial charge >= 0.3 is 6.18 Å². The van der Waals surface area contributed by atoms with Crippen LogP contribution in [0.5, 0.6) is 0 Å². The number of aliphatic carboxylic acids is 1. The van der Waals surface area contributed by atoms with Gasteiger partial charge in [-0.3, -0.25) is 10.1 Å². The van der Waals surface area contributed by atoms with E-state index in [0.717, 1.165) is 45.4 Å². The topological polar surface area (TPSA) is 149 Å². The molecule has 0 aliphatic heterocycles. The lowest BCUT2D eigenvalue weighted by Crippen LogP contribution is -2.47. The second-order valence-corrected chi connectivity index (χ2v) is 9.01. The second kappa shape index (κ2) is 11.9. The van der Waals surface area contributed by atoms with E-state index in [-0.39, 0.29) is 0 Å². The molecule has 0 radical (unpaired) electrons. The van der Waals surface area contributed by atoms with Gasteiger partial charge in [0.2, 0.25) is 0 Å². The monoisotopic (exact) mass is 570 g/mol. The molecule has 5 N–H and O–H groups in total. The van der Waals surface area contributed by atoms with Crippen LogP contribution in [-0.2, 0) is 11.3 Å². The van der Waals surface area contributed by atoms with Gasteiger partial charge in [-0.2, -0.15) is 18.3 Å². The van der Waals surface area contributed by atoms with E-state index in [4.69, 9.17) is 19.9 Å². The number of quaternary nitrogens is 1. The first-order valence-electron chi connectivity index (χ1n) is 12.7. The van der Waals surface area contributed by atoms with E-state index in [1.165, 1.54) is 5.56 Å². The fourth-order valence-corrected chi connectivity index (χ4v) is 4.20. The SMILES string of the molecule is O=C([O-])C(F)(F)F.[NH3+]Cc1ccc(-c2nc3ccnc(-c4nc(-c5ccc[nH+]c5)n[nH]4)c3cc2-c2ccccc2)cc1. The molecule has 6 aromatic rings. The van der Waals surface area contributed by atoms with Crippen molar-refractivity contribution in [3.63, 3.8) is 0 Å². The molecule has 0 aliphatic rings. The van der Waals surface area contributed by atoms with Crippen LogP contribution in [0.3, 0.4) is 0 Å². The third kappa shape index (κ3) is 6.13. The van der Waals surface area contributed by atoms with Crippen LogP contribution >= 0.6 is 0 Å². The molecular weight excluding hydrogens is 547 g/mol. The van der Waals surface area contributed by atoms with Crippen LogP contribution in [-0.4, -0.2) is 37.3 Å². The molecule has 0 spiro atoms. The molecule has 0 saturated heterocycles. The quantitative estimate of drug-likeness (QED) is 0.325. The van der Waals surface area contributed by atoms with Crippen LogP contribution in [0.4, 0.5) is 13.2 Å². The van der Waals surface area contributed by atoms with E-state index >= 15 is 0 Å². The first kappa shape index (κ1) is 28.1. The van der Waals surface area contributed by atoms with Gasteiger partial charge in [0.05, 0.1) is 23.3 Å². The van der Waals surface area contributed by atoms with E-state index < -0.39 is 12.1 Å². The molecule has 0 atom stereocenters. The number of alkyl halides is 3. The van der Waals surface area contributed by atoms with Crippen LogP contribution in [0.15, 0.2) is 97.5 Å². The summed E-state index contributed by atoms with van der Waals surface area (Å²) in [7, 11) is 0. The Bertz CT molecular complexity index is 1830. The number of nitrogens with zero attached hydrogens (tertiary/aromatic N) is 4. The predicted octanol–water partition coefficient (Wildman–Crippen LogP) is 3.27. The van der Waals surface area contributed by atoms with E-state index in [1.54, 1.807) is 6.20 Å². The number of hydrogen-bond donors (Lipinski definition) is 2. The number of carbonyl (C=O) groups is 1. The Morgan fingerprint density at radius 3 is 2.26 bits per heavy atom. The third-order valence-electron chi connectivity index (χ3n) is 6.25. The van der Waals surface area contributed by atoms with Gasteiger partial charge in [0.1, 0.15) is 11.7 Å². The molecular formula is C30H23F3N7O2+. The fourth-order valence-electron chi connectivity index (χ4n) is 4.20. The molecule has 9 nitrogen and oxygen atoms in total. The summed E-state index contributed by atoms with van der Waals surface area (Å²) in [5.74, 6) is -1.80. The molecule has 4 aromatic heterocycles. The minimum atomic E-state index is -5.19. The van der Waals surface area contributed by atoms with E-state index in [9.17, 15) is 13.2 Å². The van der Waals surface area contributed by atoms with Crippen molar-refractivity contribution in [1.29, 1.82) is 0 Å². The minimum absolute atomic E-state index is 0.600. The summed E-state index contributed by atoms with van der Waals surface area (Å²) in [6.45, 7) is 0.756. The lowest BCUT2D eigenvalue weighted by Gasteiger charge is -2.13. The van der Waals surface area contributed by atoms with Crippen molar-refractivity contribution in [2.24, 2.45) is 0 Å². The smallest absolute Gasteiger partial charge is 0.430 e. The van der Waals surface area contributed by atoms with Crippen LogP contribution in [0.2, 0.25) is 0 Å². The van der Waals surface area contributed by atoms with Crippen molar-refractivity contribution in [2.75, 3.05) is 0 Å². The summed E-state index contributed by atoms with van der Waals surface area (Å²) in [6.07, 6.45) is 0.288. The Balaban J connectivity index is 0.000000451. The average Bonchev–Trinajstić information content (AvgIpc) is 3.51. The summed E-state index contributed by atoms with van der Waals surface area (Å²) in [4.78, 5) is 26.3. The highest BCUT2D eigenvalue weighted by molar-refractivity contribution is 5.97. The van der Waals surface area contributed by atoms with Crippen molar-refractivity contribution >= 4 is 16.9 Å². The van der Waals surface area contributed by atoms with E-state index in [2.05, 4.69) is 68.4 Å². The van der Waals surface area contributed by atoms with Gasteiger partial charge in [0.15, 0.2) is 24.0 Å². The van der Waals surface area contributed by atoms with Crippen LogP contribution in [0.1, 0.15) is 5.56 Å². The number of hydrogen-bond acceptors (Lipinski definition) is 6. The normalized spacial score (nSPS) is 11.1. The van der Waals surface area contributed by atoms with Gasteiger partial charge in [0.25, 0.3) is 0 Å². The number of H-pyrrole nitrogens is 2. The van der Waals surface area contributed by atoms with Gasteiger partial charge < -0.3 is 15.6 Å². The molecule has 0 amide bonds. The van der Waals surface area contributed by atoms with Gasteiger partial charge in [-0.1, -0.05) is 54.6 Å². The Hall–Kier alpha value is -5.49. The molecule has 2 aromatic carbocycles. The lowest BCUT2D eigenvalue weighted by atomic mass is 9.96. The number of carboxylic acids is 1. The van der Waals surface area contributed by atoms with Crippen LogP contribution < -0.4 is 15.8 Å². The molecule has 0 fully saturated rings. The van der Waals surface area contributed by atoms with Gasteiger partial charge in [0, 0.05) is 34.3 Å². The highest BCUT2D eigenvalue weighted by Gasteiger charge is 2.28. The summed E-state index contributed by atoms with van der Waals surface area (Å²) < 4.78 is 31.5. The molecule has 0 bridgehead atoms. The molecule has 0 aliphatic carbocycles. The van der Waals surface area contributed by atoms with E-state index in [1.807, 2.05) is 48.8 Å². The Kier molecular flexibility index (Phi) is 7.98. The highest BCUT2D eigenvalue weighted by Crippen LogP contribution is 2.36. The molecule has 12 heteroatoms. The number of halogens is 3. The summed E-state index contributed by atoms with van der Waals surface area (Å²) >= 11 is 0. The van der Waals surface area contributed by atoms with Crippen LogP contribution in [0, 0.1) is 0 Å². The Morgan fingerprint density at radius 2 is 1.62 bits per heavy atom. The zero-order chi connectivity index (χ0) is 29.7. The molecule has 210 valence electrons. The number of aromatic amines is 2. The number of carbonyl (C=O) groups excluding carboxylic acids is 1. The summed E-state index contributed by atoms with van der Waals surface area (Å²) in [6, 6.07) is 26.7. The Labute approximate surface area is 237 Å². The average molecular weight is 571 g/mol. The number of pyridine rings is 3. The van der Waals surface area contributed by atoms with Crippen LogP contribution in [0.25, 0.3) is 56.2 Å². The molecule has 0 unspecified atom stereocenters. The third-order valence-corrected chi connectivity index (χ3v) is 6.25. The lowest BCUT2D eigenvalue weighted by molar-refractivity contribution is -0.386. The zero-order valence-corrected chi connectivity index (χ0v) is 21.9. The molecule has 42 heavy (non-hydrogen) atoms. The predicted molar refractivity (Wildman–Crippen MR) is 145 cm³/mol. The Morgan fingerprint density at radius 1 is 0.905 bits per heavy atom. The van der Waals surface area contributed by atoms with Crippen molar-refractivity contribution in [3.05, 3.63) is 103 Å². The van der Waals surface area contributed by atoms with E-state index in [0.29, 0.717) is 17.3 Å². The first-order valence-corrected chi connectivity index (χ1v) is 12.7. The zero-order valence-electron chi connectivity index (χ0n) is 21.9. The fraction of sp³-hybridized carbons (Fsp3) is 0.0667. The highest BCUT2D eigenvalue weighted by atomic mass is 19.4. The number of carboxylic acid groups (broad SMARTS) is 1. The summed E-state index contributed by atoms with van der Waals surface area (Å²) in [5.41, 5.74) is 11.7. The number of nitrogens with one attached hydrogen (secondary N) is 2. The molecule has 0 saturated carbocycles. The molecule has 6 rings (SSSR count). The van der Waals surface area contributed by atoms with Gasteiger partial charge in [-0.25, -0.2) is 15.0 Å². The van der Waals surface area contributed by atoms with Crippen molar-refractivity contribution < 1.29 is 33.8 Å². The van der Waals surface area contributed by atoms with Gasteiger partial charge in [-0.05, 0) is 23.8 Å². The maximum Gasteiger partial charge on any atom is 0.430 e. The number of benzene rings is 2. The van der Waals surface area contributed by atoms with Crippen molar-refractivity contribution in [2.45, 2.75) is 12.7 Å². The molecule has 4 heterocycles. The van der Waals surface area contributed by atoms with Gasteiger partial charge in [-0.15, -0.1) is 0 Å². The summed E-state index contributed by atoms with van der Waals surface area (Å²) in [5, 5.41) is 17.2. The van der Waals surface area contributed by atoms with Crippen molar-refractivity contribution in [1.82, 2.24) is 25.1 Å². The maximum absolute atomic E-state index is 10.5. The second-order valence-electron chi connectivity index (χ2n) is 9.01. The minimum Gasteiger partial charge on any atom is -0.542 e. The number of fused-ring (bicyclic) bond motifs is 1. The number of aromatic nitrogens is 6. The standard InChI is InChI=1S/C28H21N7.C2HF3O2/c29-16-18-8-10-20(11-9-18)25-22(19-5-2-1-3-6-19)15-23-24(32-25)12-14-31-26(23)28-33-27(34-35-28)21-7-4-13-30-17-21;3-2(4,5)1(6)7/h1-15,17H,16,29H2,(H,33,34,35);(H,6,7)/p+1. The van der Waals surface area contributed by atoms with Crippen molar-refractivity contribution in [3.8, 4) is 45.3 Å². The maximum atomic E-state index is 10.5. The number of rotatable bonds is 5. The first-order chi connectivity index (χ1) is 20.2.